The molecule has 0 saturated heterocycles. The van der Waals surface area contributed by atoms with E-state index in [1.807, 2.05) is 0 Å². The molecule has 126 valence electrons. The maximum absolute atomic E-state index is 8.48. The number of rotatable bonds is 10. The second-order valence-electron chi connectivity index (χ2n) is 4.62. The Morgan fingerprint density at radius 3 is 1.00 bits per heavy atom. The van der Waals surface area contributed by atoms with Crippen LogP contribution in [0.2, 0.25) is 0 Å². The molecule has 0 bridgehead atoms. The third kappa shape index (κ3) is 11.6. The SMILES string of the molecule is CC[N+](CC)(CC)CC.OCCN(CCO)CCO.[OH-]. The van der Waals surface area contributed by atoms with Crippen LogP contribution in [0.15, 0.2) is 0 Å². The van der Waals surface area contributed by atoms with Gasteiger partial charge in [0.2, 0.25) is 0 Å². The number of hydrogen-bond donors (Lipinski definition) is 3. The average Bonchev–Trinajstić information content (AvgIpc) is 2.44. The summed E-state index contributed by atoms with van der Waals surface area (Å²) in [7, 11) is 0. The average molecular weight is 296 g/mol. The maximum atomic E-state index is 8.48. The van der Waals surface area contributed by atoms with Crippen LogP contribution >= 0.6 is 0 Å². The summed E-state index contributed by atoms with van der Waals surface area (Å²) in [6, 6.07) is 0. The second kappa shape index (κ2) is 16.8. The number of aliphatic hydroxyl groups excluding tert-OH is 3. The first-order chi connectivity index (χ1) is 9.09. The number of aliphatic hydroxyl groups is 3. The third-order valence-electron chi connectivity index (χ3n) is 3.93. The van der Waals surface area contributed by atoms with E-state index in [4.69, 9.17) is 15.3 Å². The van der Waals surface area contributed by atoms with Crippen LogP contribution in [0.25, 0.3) is 0 Å². The predicted octanol–water partition coefficient (Wildman–Crippen LogP) is -0.0287. The molecule has 0 amide bonds. The van der Waals surface area contributed by atoms with Gasteiger partial charge >= 0.3 is 0 Å². The van der Waals surface area contributed by atoms with Crippen LogP contribution in [0.5, 0.6) is 0 Å². The third-order valence-corrected chi connectivity index (χ3v) is 3.93. The summed E-state index contributed by atoms with van der Waals surface area (Å²) in [5, 5.41) is 25.5. The van der Waals surface area contributed by atoms with Gasteiger partial charge in [0.15, 0.2) is 0 Å². The molecule has 0 aliphatic heterocycles. The Kier molecular flexibility index (Phi) is 20.8. The van der Waals surface area contributed by atoms with Crippen LogP contribution in [0, 0.1) is 0 Å². The Morgan fingerprint density at radius 2 is 0.900 bits per heavy atom. The smallest absolute Gasteiger partial charge is 0.0757 e. The van der Waals surface area contributed by atoms with E-state index in [-0.39, 0.29) is 25.3 Å². The van der Waals surface area contributed by atoms with E-state index >= 15 is 0 Å². The summed E-state index contributed by atoms with van der Waals surface area (Å²) in [5.74, 6) is 0. The minimum atomic E-state index is 0. The topological polar surface area (TPSA) is 93.9 Å². The van der Waals surface area contributed by atoms with Crippen molar-refractivity contribution in [3.8, 4) is 0 Å². The Bertz CT molecular complexity index is 147. The maximum Gasteiger partial charge on any atom is 0.0757 e. The Balaban J connectivity index is -0.000000277. The van der Waals surface area contributed by atoms with Gasteiger partial charge in [-0.15, -0.1) is 0 Å². The lowest BCUT2D eigenvalue weighted by molar-refractivity contribution is -0.921. The fourth-order valence-electron chi connectivity index (χ4n) is 2.10. The molecule has 0 spiro atoms. The first-order valence-electron chi connectivity index (χ1n) is 7.49. The van der Waals surface area contributed by atoms with Gasteiger partial charge in [0, 0.05) is 19.6 Å². The van der Waals surface area contributed by atoms with Crippen molar-refractivity contribution in [1.29, 1.82) is 0 Å². The molecule has 0 aliphatic carbocycles. The first kappa shape index (κ1) is 24.8. The molecule has 0 atom stereocenters. The van der Waals surface area contributed by atoms with Crippen LogP contribution in [-0.4, -0.2) is 95.8 Å². The van der Waals surface area contributed by atoms with Crippen molar-refractivity contribution in [1.82, 2.24) is 4.90 Å². The van der Waals surface area contributed by atoms with Crippen LogP contribution in [0.1, 0.15) is 27.7 Å². The highest BCUT2D eigenvalue weighted by Crippen LogP contribution is 2.03. The monoisotopic (exact) mass is 296 g/mol. The molecule has 0 fully saturated rings. The standard InChI is InChI=1S/C8H20N.C6H15NO3.H2O/c1-5-9(6-2,7-3)8-4;8-4-1-7(2-5-9)3-6-10;/h5-8H2,1-4H3;8-10H,1-6H2;1H2/q+1;;/p-1. The summed E-state index contributed by atoms with van der Waals surface area (Å²) in [4.78, 5) is 1.79. The summed E-state index contributed by atoms with van der Waals surface area (Å²) >= 11 is 0. The van der Waals surface area contributed by atoms with Crippen molar-refractivity contribution in [3.63, 3.8) is 0 Å². The summed E-state index contributed by atoms with van der Waals surface area (Å²) in [5.41, 5.74) is 0. The van der Waals surface area contributed by atoms with Crippen LogP contribution in [0.4, 0.5) is 0 Å². The quantitative estimate of drug-likeness (QED) is 0.492. The molecule has 0 aromatic rings. The van der Waals surface area contributed by atoms with Gasteiger partial charge in [-0.3, -0.25) is 4.90 Å². The molecule has 6 nitrogen and oxygen atoms in total. The van der Waals surface area contributed by atoms with Crippen molar-refractivity contribution in [2.45, 2.75) is 27.7 Å². The molecule has 4 N–H and O–H groups in total. The van der Waals surface area contributed by atoms with Gasteiger partial charge in [0.05, 0.1) is 46.0 Å². The summed E-state index contributed by atoms with van der Waals surface area (Å²) in [6.07, 6.45) is 0. The number of nitrogens with zero attached hydrogens (tertiary/aromatic N) is 2. The van der Waals surface area contributed by atoms with E-state index in [1.165, 1.54) is 30.7 Å². The van der Waals surface area contributed by atoms with Crippen molar-refractivity contribution in [3.05, 3.63) is 0 Å². The Morgan fingerprint density at radius 1 is 0.650 bits per heavy atom. The van der Waals surface area contributed by atoms with E-state index in [2.05, 4.69) is 27.7 Å². The largest absolute Gasteiger partial charge is 0.870 e. The van der Waals surface area contributed by atoms with Gasteiger partial charge in [-0.1, -0.05) is 0 Å². The summed E-state index contributed by atoms with van der Waals surface area (Å²) in [6.45, 7) is 16.0. The van der Waals surface area contributed by atoms with Crippen LogP contribution in [0.3, 0.4) is 0 Å². The first-order valence-corrected chi connectivity index (χ1v) is 7.49. The van der Waals surface area contributed by atoms with Gasteiger partial charge in [0.25, 0.3) is 0 Å². The van der Waals surface area contributed by atoms with Crippen LogP contribution in [-0.2, 0) is 0 Å². The van der Waals surface area contributed by atoms with Gasteiger partial charge in [0.1, 0.15) is 0 Å². The number of quaternary nitrogens is 1. The Hall–Kier alpha value is -0.240. The lowest BCUT2D eigenvalue weighted by Crippen LogP contribution is -2.47. The van der Waals surface area contributed by atoms with Crippen molar-refractivity contribution < 1.29 is 25.3 Å². The zero-order valence-corrected chi connectivity index (χ0v) is 13.8. The zero-order chi connectivity index (χ0) is 15.1. The van der Waals surface area contributed by atoms with Crippen molar-refractivity contribution >= 4 is 0 Å². The molecular weight excluding hydrogens is 260 g/mol. The highest BCUT2D eigenvalue weighted by atomic mass is 16.3. The zero-order valence-electron chi connectivity index (χ0n) is 13.8. The predicted molar refractivity (Wildman–Crippen MR) is 82.1 cm³/mol. The van der Waals surface area contributed by atoms with Gasteiger partial charge in [-0.2, -0.15) is 0 Å². The Labute approximate surface area is 124 Å². The van der Waals surface area contributed by atoms with E-state index in [0.29, 0.717) is 19.6 Å². The van der Waals surface area contributed by atoms with E-state index in [9.17, 15) is 0 Å². The second-order valence-corrected chi connectivity index (χ2v) is 4.62. The van der Waals surface area contributed by atoms with Crippen molar-refractivity contribution in [2.75, 3.05) is 65.6 Å². The van der Waals surface area contributed by atoms with Crippen LogP contribution < -0.4 is 0 Å². The molecule has 20 heavy (non-hydrogen) atoms. The van der Waals surface area contributed by atoms with E-state index in [0.717, 1.165) is 0 Å². The molecular formula is C14H36N2O4. The lowest BCUT2D eigenvalue weighted by atomic mass is 10.3. The minimum absolute atomic E-state index is 0. The molecule has 0 aromatic carbocycles. The molecule has 0 heterocycles. The molecule has 0 radical (unpaired) electrons. The number of hydrogen-bond acceptors (Lipinski definition) is 5. The molecule has 0 aromatic heterocycles. The minimum Gasteiger partial charge on any atom is -0.870 e. The molecule has 6 heteroatoms. The highest BCUT2D eigenvalue weighted by molar-refractivity contribution is 4.54. The fourth-order valence-corrected chi connectivity index (χ4v) is 2.10. The molecule has 0 rings (SSSR count). The van der Waals surface area contributed by atoms with Gasteiger partial charge in [-0.25, -0.2) is 0 Å². The highest BCUT2D eigenvalue weighted by Gasteiger charge is 2.16. The van der Waals surface area contributed by atoms with Gasteiger partial charge < -0.3 is 25.3 Å². The van der Waals surface area contributed by atoms with E-state index in [1.54, 1.807) is 4.90 Å². The summed E-state index contributed by atoms with van der Waals surface area (Å²) < 4.78 is 1.28. The van der Waals surface area contributed by atoms with Gasteiger partial charge in [-0.05, 0) is 27.7 Å². The lowest BCUT2D eigenvalue weighted by Gasteiger charge is -2.34. The molecule has 0 saturated carbocycles. The van der Waals surface area contributed by atoms with E-state index < -0.39 is 0 Å². The molecule has 0 aliphatic rings. The fraction of sp³-hybridized carbons (Fsp3) is 1.00. The van der Waals surface area contributed by atoms with Crippen molar-refractivity contribution in [2.24, 2.45) is 0 Å². The molecule has 0 unspecified atom stereocenters. The normalized spacial score (nSPS) is 10.8.